The largest absolute Gasteiger partial charge is 0.308 e. The average Bonchev–Trinajstić information content (AvgIpc) is 3.88. The van der Waals surface area contributed by atoms with E-state index < -0.39 is 0 Å². The van der Waals surface area contributed by atoms with Crippen LogP contribution < -0.4 is 0 Å². The van der Waals surface area contributed by atoms with Gasteiger partial charge in [0.1, 0.15) is 0 Å². The van der Waals surface area contributed by atoms with Crippen molar-refractivity contribution in [1.29, 1.82) is 0 Å². The number of hydrogen-bond donors (Lipinski definition) is 0. The molecule has 9 aromatic carbocycles. The Kier molecular flexibility index (Phi) is 8.65. The third-order valence-corrected chi connectivity index (χ3v) is 13.0. The van der Waals surface area contributed by atoms with E-state index in [4.69, 9.17) is 15.0 Å². The first-order valence-electron chi connectivity index (χ1n) is 20.8. The number of para-hydroxylation sites is 2. The minimum absolute atomic E-state index is 0.609. The molecular formula is C57H36N4S. The minimum atomic E-state index is 0.609. The third-order valence-electron chi connectivity index (χ3n) is 11.8. The van der Waals surface area contributed by atoms with Crippen LogP contribution in [0.4, 0.5) is 0 Å². The van der Waals surface area contributed by atoms with Crippen molar-refractivity contribution in [3.05, 3.63) is 218 Å². The summed E-state index contributed by atoms with van der Waals surface area (Å²) in [4.78, 5) is 15.9. The molecule has 62 heavy (non-hydrogen) atoms. The van der Waals surface area contributed by atoms with Gasteiger partial charge in [0.15, 0.2) is 17.5 Å². The molecule has 5 heteroatoms. The van der Waals surface area contributed by atoms with E-state index in [1.807, 2.05) is 29.5 Å². The molecule has 12 aromatic rings. The first-order chi connectivity index (χ1) is 30.7. The van der Waals surface area contributed by atoms with Gasteiger partial charge in [-0.3, -0.25) is 0 Å². The highest BCUT2D eigenvalue weighted by atomic mass is 32.1. The zero-order valence-electron chi connectivity index (χ0n) is 33.5. The summed E-state index contributed by atoms with van der Waals surface area (Å²) in [5, 5.41) is 4.96. The molecule has 0 aliphatic rings. The van der Waals surface area contributed by atoms with Crippen molar-refractivity contribution < 1.29 is 0 Å². The molecule has 0 aliphatic carbocycles. The zero-order valence-corrected chi connectivity index (χ0v) is 34.3. The third kappa shape index (κ3) is 6.18. The van der Waals surface area contributed by atoms with Crippen LogP contribution in [0.25, 0.3) is 115 Å². The van der Waals surface area contributed by atoms with Gasteiger partial charge in [0, 0.05) is 47.6 Å². The first kappa shape index (κ1) is 35.9. The lowest BCUT2D eigenvalue weighted by Crippen LogP contribution is -2.03. The summed E-state index contributed by atoms with van der Waals surface area (Å²) in [6.07, 6.45) is 0. The van der Waals surface area contributed by atoms with Gasteiger partial charge in [0.2, 0.25) is 0 Å². The highest BCUT2D eigenvalue weighted by molar-refractivity contribution is 7.26. The molecule has 4 nitrogen and oxygen atoms in total. The molecule has 0 N–H and O–H groups in total. The number of benzene rings is 9. The van der Waals surface area contributed by atoms with Gasteiger partial charge in [0.25, 0.3) is 0 Å². The number of fused-ring (bicyclic) bond motifs is 6. The Labute approximate surface area is 362 Å². The molecule has 12 rings (SSSR count). The Balaban J connectivity index is 1.09. The van der Waals surface area contributed by atoms with Gasteiger partial charge >= 0.3 is 0 Å². The maximum atomic E-state index is 5.38. The summed E-state index contributed by atoms with van der Waals surface area (Å²) in [7, 11) is 0. The Morgan fingerprint density at radius 3 is 1.52 bits per heavy atom. The highest BCUT2D eigenvalue weighted by Crippen LogP contribution is 2.44. The van der Waals surface area contributed by atoms with E-state index in [9.17, 15) is 0 Å². The van der Waals surface area contributed by atoms with Crippen LogP contribution in [0.5, 0.6) is 0 Å². The summed E-state index contributed by atoms with van der Waals surface area (Å²) in [6.45, 7) is 0. The van der Waals surface area contributed by atoms with Crippen molar-refractivity contribution in [3.8, 4) is 73.2 Å². The van der Waals surface area contributed by atoms with Crippen LogP contribution in [0.1, 0.15) is 0 Å². The lowest BCUT2D eigenvalue weighted by atomic mass is 9.96. The van der Waals surface area contributed by atoms with Crippen LogP contribution in [-0.2, 0) is 0 Å². The van der Waals surface area contributed by atoms with Crippen molar-refractivity contribution in [2.24, 2.45) is 0 Å². The molecule has 290 valence electrons. The second-order valence-corrected chi connectivity index (χ2v) is 16.6. The van der Waals surface area contributed by atoms with Crippen molar-refractivity contribution in [1.82, 2.24) is 19.5 Å². The molecule has 0 aliphatic heterocycles. The molecule has 3 aromatic heterocycles. The summed E-state index contributed by atoms with van der Waals surface area (Å²) in [5.41, 5.74) is 13.0. The molecule has 0 bridgehead atoms. The van der Waals surface area contributed by atoms with Gasteiger partial charge in [-0.25, -0.2) is 15.0 Å². The predicted molar refractivity (Wildman–Crippen MR) is 260 cm³/mol. The van der Waals surface area contributed by atoms with Crippen LogP contribution in [0.2, 0.25) is 0 Å². The Hall–Kier alpha value is -7.99. The van der Waals surface area contributed by atoms with Crippen LogP contribution >= 0.6 is 11.3 Å². The molecular weight excluding hydrogens is 773 g/mol. The summed E-state index contributed by atoms with van der Waals surface area (Å²) in [5.74, 6) is 1.84. The van der Waals surface area contributed by atoms with Crippen LogP contribution in [0.15, 0.2) is 218 Å². The fraction of sp³-hybridized carbons (Fsp3) is 0. The monoisotopic (exact) mass is 808 g/mol. The smallest absolute Gasteiger partial charge is 0.166 e. The number of rotatable bonds is 7. The van der Waals surface area contributed by atoms with E-state index in [0.29, 0.717) is 17.5 Å². The van der Waals surface area contributed by atoms with Gasteiger partial charge in [-0.2, -0.15) is 0 Å². The SMILES string of the molecule is c1ccc(-c2cc(-c3ccccc3)cc(-c3nc(-c4ccccc4)nc(-c4ccccc4-n4c5ccccc5c5cc6c(cc54)sc4c(-c5ccccc5)cccc46)n3)c2)cc1. The molecule has 0 radical (unpaired) electrons. The summed E-state index contributed by atoms with van der Waals surface area (Å²) in [6, 6.07) is 77.4. The van der Waals surface area contributed by atoms with E-state index in [2.05, 4.69) is 205 Å². The summed E-state index contributed by atoms with van der Waals surface area (Å²) < 4.78 is 4.95. The average molecular weight is 809 g/mol. The van der Waals surface area contributed by atoms with E-state index in [1.165, 1.54) is 42.1 Å². The second kappa shape index (κ2) is 14.9. The topological polar surface area (TPSA) is 43.6 Å². The molecule has 0 saturated heterocycles. The fourth-order valence-electron chi connectivity index (χ4n) is 8.92. The van der Waals surface area contributed by atoms with Gasteiger partial charge in [-0.15, -0.1) is 11.3 Å². The van der Waals surface area contributed by atoms with Gasteiger partial charge in [-0.05, 0) is 81.9 Å². The van der Waals surface area contributed by atoms with Gasteiger partial charge in [-0.1, -0.05) is 170 Å². The van der Waals surface area contributed by atoms with E-state index in [0.717, 1.165) is 55.7 Å². The maximum Gasteiger partial charge on any atom is 0.166 e. The normalized spacial score (nSPS) is 11.5. The first-order valence-corrected chi connectivity index (χ1v) is 21.7. The zero-order chi connectivity index (χ0) is 41.0. The molecule has 0 amide bonds. The van der Waals surface area contributed by atoms with Gasteiger partial charge in [0.05, 0.1) is 16.7 Å². The minimum Gasteiger partial charge on any atom is -0.308 e. The molecule has 0 saturated carbocycles. The number of nitrogens with zero attached hydrogens (tertiary/aromatic N) is 4. The lowest BCUT2D eigenvalue weighted by Gasteiger charge is -2.15. The van der Waals surface area contributed by atoms with Crippen molar-refractivity contribution in [3.63, 3.8) is 0 Å². The number of aromatic nitrogens is 4. The number of hydrogen-bond acceptors (Lipinski definition) is 4. The van der Waals surface area contributed by atoms with Crippen LogP contribution in [-0.4, -0.2) is 19.5 Å². The highest BCUT2D eigenvalue weighted by Gasteiger charge is 2.21. The number of thiophene rings is 1. The molecule has 0 spiro atoms. The predicted octanol–water partition coefficient (Wildman–Crippen LogP) is 15.3. The van der Waals surface area contributed by atoms with E-state index in [-0.39, 0.29) is 0 Å². The lowest BCUT2D eigenvalue weighted by molar-refractivity contribution is 1.06. The van der Waals surface area contributed by atoms with Crippen LogP contribution in [0.3, 0.4) is 0 Å². The van der Waals surface area contributed by atoms with Crippen molar-refractivity contribution in [2.75, 3.05) is 0 Å². The van der Waals surface area contributed by atoms with Gasteiger partial charge < -0.3 is 4.57 Å². The standard InChI is InChI=1S/C57H36N4S/c1-5-18-37(19-6-1)41-32-42(38-20-7-2-8-21-38)34-43(33-41)56-58-55(40-24-11-4-12-25-40)59-57(60-56)47-27-14-16-31-51(47)61-50-30-15-13-26-45(50)48-35-49-46-29-17-28-44(39-22-9-3-10-23-39)54(46)62-53(49)36-52(48)61/h1-36H. The van der Waals surface area contributed by atoms with E-state index >= 15 is 0 Å². The molecule has 0 unspecified atom stereocenters. The second-order valence-electron chi connectivity index (χ2n) is 15.6. The summed E-state index contributed by atoms with van der Waals surface area (Å²) >= 11 is 1.86. The molecule has 0 fully saturated rings. The Morgan fingerprint density at radius 2 is 0.823 bits per heavy atom. The quantitative estimate of drug-likeness (QED) is 0.161. The maximum absolute atomic E-state index is 5.38. The molecule has 3 heterocycles. The van der Waals surface area contributed by atoms with Crippen molar-refractivity contribution in [2.45, 2.75) is 0 Å². The Bertz CT molecular complexity index is 3560. The van der Waals surface area contributed by atoms with E-state index in [1.54, 1.807) is 0 Å². The fourth-order valence-corrected chi connectivity index (χ4v) is 10.2. The molecule has 0 atom stereocenters. The van der Waals surface area contributed by atoms with Crippen LogP contribution in [0, 0.1) is 0 Å². The van der Waals surface area contributed by atoms with Crippen molar-refractivity contribution >= 4 is 53.3 Å². The Morgan fingerprint density at radius 1 is 0.306 bits per heavy atom.